The first-order chi connectivity index (χ1) is 11.3. The third-order valence-electron chi connectivity index (χ3n) is 4.90. The summed E-state index contributed by atoms with van der Waals surface area (Å²) in [6.45, 7) is 3.93. The fourth-order valence-corrected chi connectivity index (χ4v) is 3.15. The number of carboxylic acid groups (broad SMARTS) is 1. The van der Waals surface area contributed by atoms with Crippen LogP contribution < -0.4 is 14.8 Å². The Kier molecular flexibility index (Phi) is 5.36. The topological polar surface area (TPSA) is 84.9 Å². The van der Waals surface area contributed by atoms with Crippen molar-refractivity contribution in [2.24, 2.45) is 5.92 Å². The zero-order chi connectivity index (χ0) is 17.9. The molecule has 1 aromatic rings. The third-order valence-corrected chi connectivity index (χ3v) is 4.90. The quantitative estimate of drug-likeness (QED) is 0.864. The second-order valence-corrected chi connectivity index (χ2v) is 6.53. The molecule has 132 valence electrons. The molecule has 1 saturated carbocycles. The number of amides is 1. The Balaban J connectivity index is 2.29. The Hall–Kier alpha value is -2.24. The molecule has 1 aromatic carbocycles. The number of benzene rings is 1. The molecule has 0 heterocycles. The van der Waals surface area contributed by atoms with E-state index in [1.165, 1.54) is 14.2 Å². The summed E-state index contributed by atoms with van der Waals surface area (Å²) < 4.78 is 10.6. The summed E-state index contributed by atoms with van der Waals surface area (Å²) in [5.74, 6) is 0.133. The van der Waals surface area contributed by atoms with Gasteiger partial charge in [0.05, 0.1) is 14.2 Å². The predicted octanol–water partition coefficient (Wildman–Crippen LogP) is 2.78. The van der Waals surface area contributed by atoms with Gasteiger partial charge in [-0.05, 0) is 50.7 Å². The number of carboxylic acids is 1. The summed E-state index contributed by atoms with van der Waals surface area (Å²) in [4.78, 5) is 24.5. The normalized spacial score (nSPS) is 23.4. The lowest BCUT2D eigenvalue weighted by Gasteiger charge is -2.36. The van der Waals surface area contributed by atoms with Gasteiger partial charge in [-0.2, -0.15) is 0 Å². The van der Waals surface area contributed by atoms with Crippen molar-refractivity contribution in [1.29, 1.82) is 0 Å². The zero-order valence-electron chi connectivity index (χ0n) is 14.6. The summed E-state index contributed by atoms with van der Waals surface area (Å²) in [5, 5.41) is 12.4. The Morgan fingerprint density at radius 3 is 2.08 bits per heavy atom. The van der Waals surface area contributed by atoms with E-state index in [4.69, 9.17) is 9.47 Å². The van der Waals surface area contributed by atoms with Crippen LogP contribution in [-0.4, -0.2) is 36.7 Å². The van der Waals surface area contributed by atoms with Crippen LogP contribution in [0.4, 0.5) is 0 Å². The van der Waals surface area contributed by atoms with Crippen LogP contribution >= 0.6 is 0 Å². The van der Waals surface area contributed by atoms with Gasteiger partial charge in [0.1, 0.15) is 17.0 Å². The van der Waals surface area contributed by atoms with Crippen LogP contribution in [0.3, 0.4) is 0 Å². The molecule has 1 aliphatic rings. The number of hydrogen-bond donors (Lipinski definition) is 2. The molecule has 0 unspecified atom stereocenters. The largest absolute Gasteiger partial charge is 0.496 e. The molecular weight excluding hydrogens is 310 g/mol. The Bertz CT molecular complexity index is 607. The highest BCUT2D eigenvalue weighted by Gasteiger charge is 2.42. The number of hydrogen-bond acceptors (Lipinski definition) is 4. The minimum absolute atomic E-state index is 0.327. The van der Waals surface area contributed by atoms with Crippen LogP contribution in [0.2, 0.25) is 0 Å². The number of nitrogens with one attached hydrogen (secondary N) is 1. The number of ether oxygens (including phenoxy) is 2. The fourth-order valence-electron chi connectivity index (χ4n) is 3.15. The monoisotopic (exact) mass is 335 g/mol. The first-order valence-corrected chi connectivity index (χ1v) is 8.11. The van der Waals surface area contributed by atoms with Crippen molar-refractivity contribution in [3.63, 3.8) is 0 Å². The van der Waals surface area contributed by atoms with E-state index in [9.17, 15) is 14.7 Å². The highest BCUT2D eigenvalue weighted by molar-refractivity contribution is 5.98. The average Bonchev–Trinajstić information content (AvgIpc) is 2.57. The molecule has 2 N–H and O–H groups in total. The van der Waals surface area contributed by atoms with Crippen LogP contribution in [0.1, 0.15) is 48.5 Å². The summed E-state index contributed by atoms with van der Waals surface area (Å²) in [6, 6.07) is 3.21. The summed E-state index contributed by atoms with van der Waals surface area (Å²) in [7, 11) is 3.04. The van der Waals surface area contributed by atoms with Crippen LogP contribution in [0.15, 0.2) is 12.1 Å². The van der Waals surface area contributed by atoms with Crippen LogP contribution in [0.25, 0.3) is 0 Å². The molecule has 1 aliphatic carbocycles. The smallest absolute Gasteiger partial charge is 0.329 e. The lowest BCUT2D eigenvalue weighted by atomic mass is 9.77. The molecule has 6 heteroatoms. The van der Waals surface area contributed by atoms with Gasteiger partial charge >= 0.3 is 5.97 Å². The fraction of sp³-hybridized carbons (Fsp3) is 0.556. The van der Waals surface area contributed by atoms with Crippen molar-refractivity contribution in [2.75, 3.05) is 14.2 Å². The molecule has 0 radical (unpaired) electrons. The number of carbonyl (C=O) groups excluding carboxylic acids is 1. The van der Waals surface area contributed by atoms with Gasteiger partial charge in [0.25, 0.3) is 5.91 Å². The molecule has 24 heavy (non-hydrogen) atoms. The lowest BCUT2D eigenvalue weighted by molar-refractivity contribution is -0.146. The van der Waals surface area contributed by atoms with E-state index < -0.39 is 17.4 Å². The SMILES string of the molecule is COc1cc(C(=O)NC2(C(=O)O)CCC(C)CC2)cc(OC)c1C. The number of aliphatic carboxylic acids is 1. The van der Waals surface area contributed by atoms with E-state index in [2.05, 4.69) is 12.2 Å². The van der Waals surface area contributed by atoms with Gasteiger partial charge in [-0.25, -0.2) is 4.79 Å². The number of carbonyl (C=O) groups is 2. The summed E-state index contributed by atoms with van der Waals surface area (Å²) >= 11 is 0. The van der Waals surface area contributed by atoms with E-state index in [1.807, 2.05) is 6.92 Å². The van der Waals surface area contributed by atoms with Crippen molar-refractivity contribution < 1.29 is 24.2 Å². The highest BCUT2D eigenvalue weighted by atomic mass is 16.5. The van der Waals surface area contributed by atoms with E-state index in [1.54, 1.807) is 12.1 Å². The molecular formula is C18H25NO5. The van der Waals surface area contributed by atoms with E-state index in [0.717, 1.165) is 18.4 Å². The van der Waals surface area contributed by atoms with E-state index in [0.29, 0.717) is 35.8 Å². The van der Waals surface area contributed by atoms with Crippen molar-refractivity contribution >= 4 is 11.9 Å². The van der Waals surface area contributed by atoms with E-state index in [-0.39, 0.29) is 0 Å². The van der Waals surface area contributed by atoms with Crippen LogP contribution in [-0.2, 0) is 4.79 Å². The highest BCUT2D eigenvalue weighted by Crippen LogP contribution is 2.34. The summed E-state index contributed by atoms with van der Waals surface area (Å²) in [5.41, 5.74) is -0.0841. The number of rotatable bonds is 5. The maximum Gasteiger partial charge on any atom is 0.329 e. The van der Waals surface area contributed by atoms with Gasteiger partial charge in [0.15, 0.2) is 0 Å². The molecule has 0 aliphatic heterocycles. The van der Waals surface area contributed by atoms with Gasteiger partial charge in [0, 0.05) is 11.1 Å². The second kappa shape index (κ2) is 7.11. The standard InChI is InChI=1S/C18H25NO5/c1-11-5-7-18(8-6-11,17(21)22)19-16(20)13-9-14(23-3)12(2)15(10-13)24-4/h9-11H,5-8H2,1-4H3,(H,19,20)(H,21,22). The average molecular weight is 335 g/mol. The number of methoxy groups -OCH3 is 2. The van der Waals surface area contributed by atoms with Crippen molar-refractivity contribution in [1.82, 2.24) is 5.32 Å². The van der Waals surface area contributed by atoms with Gasteiger partial charge in [0.2, 0.25) is 0 Å². The molecule has 0 bridgehead atoms. The van der Waals surface area contributed by atoms with Gasteiger partial charge in [-0.15, -0.1) is 0 Å². The predicted molar refractivity (Wildman–Crippen MR) is 89.7 cm³/mol. The van der Waals surface area contributed by atoms with Crippen LogP contribution in [0, 0.1) is 12.8 Å². The van der Waals surface area contributed by atoms with E-state index >= 15 is 0 Å². The van der Waals surface area contributed by atoms with Gasteiger partial charge in [-0.3, -0.25) is 4.79 Å². The zero-order valence-corrected chi connectivity index (χ0v) is 14.6. The Morgan fingerprint density at radius 1 is 1.17 bits per heavy atom. The minimum Gasteiger partial charge on any atom is -0.496 e. The molecule has 0 spiro atoms. The maximum absolute atomic E-state index is 12.7. The van der Waals surface area contributed by atoms with Gasteiger partial charge in [-0.1, -0.05) is 6.92 Å². The van der Waals surface area contributed by atoms with Crippen molar-refractivity contribution in [3.05, 3.63) is 23.3 Å². The Morgan fingerprint density at radius 2 is 1.67 bits per heavy atom. The lowest BCUT2D eigenvalue weighted by Crippen LogP contribution is -2.56. The molecule has 0 aromatic heterocycles. The molecule has 1 amide bonds. The minimum atomic E-state index is -1.20. The van der Waals surface area contributed by atoms with Crippen LogP contribution in [0.5, 0.6) is 11.5 Å². The maximum atomic E-state index is 12.7. The first-order valence-electron chi connectivity index (χ1n) is 8.11. The molecule has 0 atom stereocenters. The van der Waals surface area contributed by atoms with Gasteiger partial charge < -0.3 is 19.9 Å². The third kappa shape index (κ3) is 3.47. The molecule has 2 rings (SSSR count). The van der Waals surface area contributed by atoms with Crippen molar-refractivity contribution in [3.8, 4) is 11.5 Å². The Labute approximate surface area is 142 Å². The molecule has 6 nitrogen and oxygen atoms in total. The first kappa shape index (κ1) is 18.1. The molecule has 0 saturated heterocycles. The molecule has 1 fully saturated rings. The van der Waals surface area contributed by atoms with Crippen molar-refractivity contribution in [2.45, 2.75) is 45.1 Å². The summed E-state index contributed by atoms with van der Waals surface area (Å²) in [6.07, 6.45) is 2.45. The second-order valence-electron chi connectivity index (χ2n) is 6.53.